The van der Waals surface area contributed by atoms with Crippen LogP contribution >= 0.6 is 0 Å². The molecule has 7 N–H and O–H groups in total. The van der Waals surface area contributed by atoms with Gasteiger partial charge in [-0.2, -0.15) is 0 Å². The van der Waals surface area contributed by atoms with Gasteiger partial charge in [0.25, 0.3) is 0 Å². The SMILES string of the molecule is COc1cc(/C=C/C(=O)CC(=O)CCC[C@H](CCC2(O)CCCCC2)C[C@@H]2[C@@H]3CCNC[C@@H]3C[C@@H]3C=CCN[C@@H]23)c(CC2=CNC(N)C=C2CCc2cccc(CCc3ccccc3)c2)cc1O. The van der Waals surface area contributed by atoms with Crippen LogP contribution in [-0.2, 0) is 35.3 Å². The Morgan fingerprint density at radius 3 is 2.53 bits per heavy atom. The Bertz CT molecular complexity index is 2280. The molecule has 2 saturated carbocycles. The topological polar surface area (TPSA) is 146 Å². The van der Waals surface area contributed by atoms with Crippen molar-refractivity contribution < 1.29 is 24.5 Å². The van der Waals surface area contributed by atoms with Gasteiger partial charge in [-0.05, 0) is 189 Å². The summed E-state index contributed by atoms with van der Waals surface area (Å²) in [6.45, 7) is 3.13. The first kappa shape index (κ1) is 49.6. The normalized spacial score (nSPS) is 24.8. The molecule has 9 heteroatoms. The lowest BCUT2D eigenvalue weighted by Gasteiger charge is -2.51. The van der Waals surface area contributed by atoms with Crippen LogP contribution in [0.5, 0.6) is 11.5 Å². The molecule has 7 atom stereocenters. The molecule has 68 heavy (non-hydrogen) atoms. The molecule has 1 unspecified atom stereocenters. The Morgan fingerprint density at radius 2 is 1.72 bits per heavy atom. The predicted octanol–water partition coefficient (Wildman–Crippen LogP) is 9.64. The molecule has 1 saturated heterocycles. The number of phenolic OH excluding ortho intramolecular Hbond substituents is 1. The summed E-state index contributed by atoms with van der Waals surface area (Å²) in [6, 6.07) is 23.4. The summed E-state index contributed by atoms with van der Waals surface area (Å²) in [5.74, 6) is 3.07. The van der Waals surface area contributed by atoms with E-state index >= 15 is 0 Å². The van der Waals surface area contributed by atoms with Crippen molar-refractivity contribution in [2.45, 2.75) is 140 Å². The first-order valence-corrected chi connectivity index (χ1v) is 26.1. The van der Waals surface area contributed by atoms with E-state index in [0.29, 0.717) is 54.2 Å². The molecule has 8 rings (SSSR count). The molecule has 3 aliphatic heterocycles. The largest absolute Gasteiger partial charge is 0.504 e. The second kappa shape index (κ2) is 24.2. The van der Waals surface area contributed by atoms with E-state index in [9.17, 15) is 19.8 Å². The van der Waals surface area contributed by atoms with Crippen molar-refractivity contribution in [3.05, 3.63) is 136 Å². The zero-order chi connectivity index (χ0) is 47.3. The maximum atomic E-state index is 13.5. The number of carbonyl (C=O) groups is 2. The summed E-state index contributed by atoms with van der Waals surface area (Å²) in [5.41, 5.74) is 13.5. The highest BCUT2D eigenvalue weighted by Gasteiger charge is 2.45. The molecule has 5 aliphatic rings. The lowest BCUT2D eigenvalue weighted by atomic mass is 9.59. The molecule has 0 aromatic heterocycles. The third-order valence-corrected chi connectivity index (χ3v) is 16.1. The highest BCUT2D eigenvalue weighted by molar-refractivity contribution is 6.06. The van der Waals surface area contributed by atoms with E-state index in [4.69, 9.17) is 10.5 Å². The van der Waals surface area contributed by atoms with Crippen molar-refractivity contribution in [3.8, 4) is 11.5 Å². The molecule has 0 spiro atoms. The molecule has 3 aromatic rings. The maximum Gasteiger partial charge on any atom is 0.163 e. The van der Waals surface area contributed by atoms with Gasteiger partial charge >= 0.3 is 0 Å². The van der Waals surface area contributed by atoms with E-state index < -0.39 is 5.60 Å². The number of Topliss-reactive ketones (excluding diaryl/α,β-unsaturated/α-hetero) is 1. The number of hydrogen-bond donors (Lipinski definition) is 6. The predicted molar refractivity (Wildman–Crippen MR) is 274 cm³/mol. The van der Waals surface area contributed by atoms with Gasteiger partial charge in [0.2, 0.25) is 0 Å². The van der Waals surface area contributed by atoms with Crippen LogP contribution in [-0.4, -0.2) is 66.3 Å². The number of ketones is 2. The number of ether oxygens (including phenoxy) is 1. The summed E-state index contributed by atoms with van der Waals surface area (Å²) in [5, 5.41) is 33.3. The van der Waals surface area contributed by atoms with Gasteiger partial charge < -0.3 is 36.6 Å². The Kier molecular flexibility index (Phi) is 17.6. The van der Waals surface area contributed by atoms with Crippen LogP contribution in [0.4, 0.5) is 0 Å². The van der Waals surface area contributed by atoms with Crippen molar-refractivity contribution >= 4 is 17.6 Å². The lowest BCUT2D eigenvalue weighted by Crippen LogP contribution is -2.56. The van der Waals surface area contributed by atoms with E-state index in [1.165, 1.54) is 49.1 Å². The number of benzene rings is 3. The third-order valence-electron chi connectivity index (χ3n) is 16.1. The highest BCUT2D eigenvalue weighted by Crippen LogP contribution is 2.47. The van der Waals surface area contributed by atoms with Crippen LogP contribution in [0.3, 0.4) is 0 Å². The molecule has 9 nitrogen and oxygen atoms in total. The number of carbonyl (C=O) groups excluding carboxylic acids is 2. The second-order valence-electron chi connectivity index (χ2n) is 20.9. The molecule has 0 radical (unpaired) electrons. The standard InChI is InChI=1S/C59H78N4O5/c1-68-56-36-45(48(35-55(56)66)34-49-40-63-57(60)37-46(49)21-20-43-14-8-13-42(31-43)19-18-41-11-4-2-5-12-41)22-23-52(65)38-51(64)17-9-15-44(24-28-59(67)26-6-3-7-27-59)32-54-53-25-30-61-39-50(53)33-47-16-10-29-62-58(47)54/h2,4-5,8,10-14,16,22-23,31,35-37,40,44,47,50,53-54,57-58,61-63,66-67H,3,6-7,9,15,17-21,24-30,32-34,38-39,60H2,1H3/b23-22+/t44-,47+,50+,53-,54-,57?,58-/m1/s1. The molecular weight excluding hydrogens is 845 g/mol. The summed E-state index contributed by atoms with van der Waals surface area (Å²) < 4.78 is 5.50. The minimum Gasteiger partial charge on any atom is -0.504 e. The first-order valence-electron chi connectivity index (χ1n) is 26.1. The fraction of sp³-hybridized carbons (Fsp3) is 0.525. The Balaban J connectivity index is 0.878. The fourth-order valence-electron chi connectivity index (χ4n) is 12.5. The zero-order valence-electron chi connectivity index (χ0n) is 40.6. The van der Waals surface area contributed by atoms with Crippen molar-refractivity contribution in [2.75, 3.05) is 26.7 Å². The number of nitrogens with one attached hydrogen (secondary N) is 3. The van der Waals surface area contributed by atoms with Crippen LogP contribution in [0.15, 0.2) is 108 Å². The minimum absolute atomic E-state index is 0.0250. The summed E-state index contributed by atoms with van der Waals surface area (Å²) in [6.07, 6.45) is 28.5. The maximum absolute atomic E-state index is 13.5. The molecule has 3 fully saturated rings. The van der Waals surface area contributed by atoms with Crippen molar-refractivity contribution in [2.24, 2.45) is 35.3 Å². The average molecular weight is 923 g/mol. The average Bonchev–Trinajstić information content (AvgIpc) is 3.35. The quantitative estimate of drug-likeness (QED) is 0.0330. The Hall–Kier alpha value is -4.80. The smallest absolute Gasteiger partial charge is 0.163 e. The van der Waals surface area contributed by atoms with Crippen LogP contribution < -0.4 is 26.4 Å². The number of nitrogens with two attached hydrogens (primary N) is 1. The molecule has 2 aliphatic carbocycles. The number of dihydropyridines is 1. The second-order valence-corrected chi connectivity index (χ2v) is 20.9. The van der Waals surface area contributed by atoms with Crippen molar-refractivity contribution in [1.82, 2.24) is 16.0 Å². The minimum atomic E-state index is -0.558. The summed E-state index contributed by atoms with van der Waals surface area (Å²) >= 11 is 0. The molecule has 364 valence electrons. The van der Waals surface area contributed by atoms with Crippen LogP contribution in [0.1, 0.15) is 124 Å². The van der Waals surface area contributed by atoms with E-state index in [0.717, 1.165) is 125 Å². The van der Waals surface area contributed by atoms with Crippen LogP contribution in [0.25, 0.3) is 6.08 Å². The number of aromatic hydroxyl groups is 1. The van der Waals surface area contributed by atoms with E-state index in [1.807, 2.05) is 6.20 Å². The van der Waals surface area contributed by atoms with Gasteiger partial charge in [-0.15, -0.1) is 0 Å². The van der Waals surface area contributed by atoms with Crippen molar-refractivity contribution in [3.63, 3.8) is 0 Å². The number of allylic oxidation sites excluding steroid dienone is 3. The number of phenols is 1. The number of piperidine rings is 1. The fourth-order valence-corrected chi connectivity index (χ4v) is 12.5. The highest BCUT2D eigenvalue weighted by atomic mass is 16.5. The Morgan fingerprint density at radius 1 is 0.941 bits per heavy atom. The number of hydrogen-bond acceptors (Lipinski definition) is 9. The molecular formula is C59H78N4O5. The van der Waals surface area contributed by atoms with Gasteiger partial charge in [0, 0.05) is 25.2 Å². The number of fused-ring (bicyclic) bond motifs is 2. The summed E-state index contributed by atoms with van der Waals surface area (Å²) in [4.78, 5) is 26.9. The molecule has 0 amide bonds. The number of aryl methyl sites for hydroxylation is 3. The lowest BCUT2D eigenvalue weighted by molar-refractivity contribution is -0.124. The van der Waals surface area contributed by atoms with Gasteiger partial charge in [-0.3, -0.25) is 9.59 Å². The monoisotopic (exact) mass is 923 g/mol. The van der Waals surface area contributed by atoms with Gasteiger partial charge in [-0.1, -0.05) is 98.5 Å². The Labute approximate surface area is 406 Å². The first-order chi connectivity index (χ1) is 33.1. The van der Waals surface area contributed by atoms with E-state index in [2.05, 4.69) is 88.8 Å². The number of methoxy groups -OCH3 is 1. The van der Waals surface area contributed by atoms with Gasteiger partial charge in [0.1, 0.15) is 5.78 Å². The van der Waals surface area contributed by atoms with E-state index in [1.54, 1.807) is 18.2 Å². The van der Waals surface area contributed by atoms with Crippen LogP contribution in [0, 0.1) is 29.6 Å². The number of aliphatic hydroxyl groups is 1. The van der Waals surface area contributed by atoms with Gasteiger partial charge in [0.05, 0.1) is 25.3 Å². The summed E-state index contributed by atoms with van der Waals surface area (Å²) in [7, 11) is 1.52. The van der Waals surface area contributed by atoms with E-state index in [-0.39, 0.29) is 29.9 Å². The van der Waals surface area contributed by atoms with Crippen LogP contribution in [0.2, 0.25) is 0 Å². The van der Waals surface area contributed by atoms with Gasteiger partial charge in [0.15, 0.2) is 17.3 Å². The third kappa shape index (κ3) is 13.7. The number of rotatable bonds is 22. The van der Waals surface area contributed by atoms with Gasteiger partial charge in [-0.25, -0.2) is 0 Å². The molecule has 3 aromatic carbocycles. The van der Waals surface area contributed by atoms with Crippen molar-refractivity contribution in [1.29, 1.82) is 0 Å². The zero-order valence-corrected chi connectivity index (χ0v) is 40.6. The molecule has 3 heterocycles. The molecule has 0 bridgehead atoms.